The van der Waals surface area contributed by atoms with Crippen LogP contribution < -0.4 is 9.47 Å². The minimum Gasteiger partial charge on any atom is -0.496 e. The van der Waals surface area contributed by atoms with Crippen LogP contribution in [0.5, 0.6) is 11.5 Å². The maximum Gasteiger partial charge on any atom is 0.340 e. The van der Waals surface area contributed by atoms with Gasteiger partial charge in [-0.3, -0.25) is 4.79 Å². The molecule has 7 nitrogen and oxygen atoms in total. The summed E-state index contributed by atoms with van der Waals surface area (Å²) in [5, 5.41) is 10.1. The van der Waals surface area contributed by atoms with Gasteiger partial charge in [0.2, 0.25) is 0 Å². The number of nitrogens with zero attached hydrogens (tertiary/aromatic N) is 1. The molecule has 170 valence electrons. The Morgan fingerprint density at radius 3 is 2.58 bits per heavy atom. The van der Waals surface area contributed by atoms with Crippen molar-refractivity contribution >= 4 is 24.1 Å². The third-order valence-corrected chi connectivity index (χ3v) is 4.95. The van der Waals surface area contributed by atoms with Crippen LogP contribution in [-0.2, 0) is 17.6 Å². The van der Waals surface area contributed by atoms with Crippen molar-refractivity contribution in [3.05, 3.63) is 89.0 Å². The van der Waals surface area contributed by atoms with Gasteiger partial charge in [0.1, 0.15) is 23.6 Å². The maximum absolute atomic E-state index is 12.7. The second-order valence-electron chi connectivity index (χ2n) is 7.54. The first kappa shape index (κ1) is 23.5. The summed E-state index contributed by atoms with van der Waals surface area (Å²) in [5.41, 5.74) is 2.57. The number of aromatic amines is 1. The minimum absolute atomic E-state index is 0.0210. The highest BCUT2D eigenvalue weighted by molar-refractivity contribution is 5.98. The fourth-order valence-corrected chi connectivity index (χ4v) is 3.35. The molecule has 2 aromatic carbocycles. The number of carbonyl (C=O) groups is 2. The highest BCUT2D eigenvalue weighted by Gasteiger charge is 2.26. The second kappa shape index (κ2) is 10.9. The number of carbonyl (C=O) groups excluding carboxylic acids is 1. The quantitative estimate of drug-likeness (QED) is 0.198. The summed E-state index contributed by atoms with van der Waals surface area (Å²) in [4.78, 5) is 31.9. The van der Waals surface area contributed by atoms with E-state index in [2.05, 4.69) is 16.5 Å². The van der Waals surface area contributed by atoms with E-state index in [0.717, 1.165) is 11.1 Å². The van der Waals surface area contributed by atoms with Crippen LogP contribution in [0.3, 0.4) is 0 Å². The molecule has 0 saturated carbocycles. The van der Waals surface area contributed by atoms with Gasteiger partial charge in [0, 0.05) is 18.0 Å². The number of carboxylic acid groups (broad SMARTS) is 1. The molecule has 0 saturated heterocycles. The van der Waals surface area contributed by atoms with Crippen molar-refractivity contribution < 1.29 is 24.2 Å². The van der Waals surface area contributed by atoms with Crippen molar-refractivity contribution in [3.8, 4) is 11.5 Å². The van der Waals surface area contributed by atoms with Crippen molar-refractivity contribution in [2.24, 2.45) is 0 Å². The van der Waals surface area contributed by atoms with Gasteiger partial charge in [0.15, 0.2) is 5.75 Å². The zero-order chi connectivity index (χ0) is 23.8. The van der Waals surface area contributed by atoms with E-state index in [1.807, 2.05) is 37.3 Å². The molecular formula is C26H26N2O5. The number of nitrogens with one attached hydrogen (secondary N) is 1. The molecule has 1 heterocycles. The van der Waals surface area contributed by atoms with E-state index in [1.165, 1.54) is 13.3 Å². The van der Waals surface area contributed by atoms with Crippen molar-refractivity contribution in [1.29, 1.82) is 0 Å². The Bertz CT molecular complexity index is 1170. The van der Waals surface area contributed by atoms with Crippen molar-refractivity contribution in [1.82, 2.24) is 9.97 Å². The van der Waals surface area contributed by atoms with Gasteiger partial charge < -0.3 is 19.6 Å². The lowest BCUT2D eigenvalue weighted by atomic mass is 9.96. The smallest absolute Gasteiger partial charge is 0.340 e. The molecule has 1 aromatic heterocycles. The molecule has 2 N–H and O–H groups in total. The highest BCUT2D eigenvalue weighted by atomic mass is 16.5. The SMILES string of the molecule is C=C(C)CCc1c(OC)cc(C=Cc2ccccc2)c(C(=O)O)c1OC(=O)Cc1ncc[nH]1. The molecule has 0 aliphatic heterocycles. The predicted molar refractivity (Wildman–Crippen MR) is 126 cm³/mol. The van der Waals surface area contributed by atoms with Crippen LogP contribution in [0.2, 0.25) is 0 Å². The Kier molecular flexibility index (Phi) is 7.81. The van der Waals surface area contributed by atoms with Crippen LogP contribution >= 0.6 is 0 Å². The third kappa shape index (κ3) is 6.20. The third-order valence-electron chi connectivity index (χ3n) is 4.95. The van der Waals surface area contributed by atoms with E-state index in [0.29, 0.717) is 35.5 Å². The summed E-state index contributed by atoms with van der Waals surface area (Å²) in [6.07, 6.45) is 7.46. The number of aromatic nitrogens is 2. The number of aromatic carboxylic acids is 1. The number of benzene rings is 2. The van der Waals surface area contributed by atoms with Crippen molar-refractivity contribution in [2.75, 3.05) is 7.11 Å². The fourth-order valence-electron chi connectivity index (χ4n) is 3.35. The Morgan fingerprint density at radius 2 is 1.97 bits per heavy atom. The van der Waals surface area contributed by atoms with Gasteiger partial charge in [-0.2, -0.15) is 0 Å². The fraction of sp³-hybridized carbons (Fsp3) is 0.192. The average Bonchev–Trinajstić information content (AvgIpc) is 3.29. The summed E-state index contributed by atoms with van der Waals surface area (Å²) >= 11 is 0. The molecule has 0 atom stereocenters. The van der Waals surface area contributed by atoms with Crippen LogP contribution in [0.15, 0.2) is 60.9 Å². The number of esters is 1. The summed E-state index contributed by atoms with van der Waals surface area (Å²) in [5.74, 6) is -0.993. The van der Waals surface area contributed by atoms with E-state index in [9.17, 15) is 14.7 Å². The summed E-state index contributed by atoms with van der Waals surface area (Å²) in [7, 11) is 1.50. The first-order valence-corrected chi connectivity index (χ1v) is 10.4. The molecule has 3 rings (SSSR count). The summed E-state index contributed by atoms with van der Waals surface area (Å²) < 4.78 is 11.2. The molecule has 0 unspecified atom stereocenters. The second-order valence-corrected chi connectivity index (χ2v) is 7.54. The lowest BCUT2D eigenvalue weighted by molar-refractivity contribution is -0.133. The van der Waals surface area contributed by atoms with E-state index < -0.39 is 11.9 Å². The van der Waals surface area contributed by atoms with Gasteiger partial charge in [-0.05, 0) is 37.0 Å². The average molecular weight is 447 g/mol. The number of methoxy groups -OCH3 is 1. The zero-order valence-electron chi connectivity index (χ0n) is 18.6. The number of allylic oxidation sites excluding steroid dienone is 1. The largest absolute Gasteiger partial charge is 0.496 e. The first-order valence-electron chi connectivity index (χ1n) is 10.4. The molecular weight excluding hydrogens is 420 g/mol. The summed E-state index contributed by atoms with van der Waals surface area (Å²) in [6.45, 7) is 5.79. The minimum atomic E-state index is -1.21. The molecule has 33 heavy (non-hydrogen) atoms. The Balaban J connectivity index is 2.10. The van der Waals surface area contributed by atoms with Gasteiger partial charge in [-0.25, -0.2) is 9.78 Å². The van der Waals surface area contributed by atoms with Gasteiger partial charge in [0.05, 0.1) is 7.11 Å². The van der Waals surface area contributed by atoms with E-state index in [4.69, 9.17) is 9.47 Å². The maximum atomic E-state index is 12.7. The standard InChI is InChI=1S/C26H26N2O5/c1-17(2)9-12-20-21(32-3)15-19(11-10-18-7-5-4-6-8-18)24(26(30)31)25(20)33-23(29)16-22-27-13-14-28-22/h4-8,10-11,13-15H,1,9,12,16H2,2-3H3,(H,27,28)(H,30,31). The number of carboxylic acids is 1. The Hall–Kier alpha value is -4.13. The predicted octanol–water partition coefficient (Wildman–Crippen LogP) is 4.94. The van der Waals surface area contributed by atoms with E-state index >= 15 is 0 Å². The van der Waals surface area contributed by atoms with Crippen molar-refractivity contribution in [2.45, 2.75) is 26.2 Å². The number of rotatable bonds is 10. The molecule has 3 aromatic rings. The topological polar surface area (TPSA) is 102 Å². The van der Waals surface area contributed by atoms with E-state index in [-0.39, 0.29) is 17.7 Å². The molecule has 0 amide bonds. The number of hydrogen-bond donors (Lipinski definition) is 2. The molecule has 0 aliphatic rings. The molecule has 0 spiro atoms. The number of imidazole rings is 1. The van der Waals surface area contributed by atoms with Crippen LogP contribution in [-0.4, -0.2) is 34.1 Å². The molecule has 0 fully saturated rings. The van der Waals surface area contributed by atoms with Gasteiger partial charge in [-0.15, -0.1) is 6.58 Å². The number of ether oxygens (including phenoxy) is 2. The van der Waals surface area contributed by atoms with Gasteiger partial charge >= 0.3 is 11.9 Å². The van der Waals surface area contributed by atoms with Gasteiger partial charge in [0.25, 0.3) is 0 Å². The van der Waals surface area contributed by atoms with E-state index in [1.54, 1.807) is 24.4 Å². The number of hydrogen-bond acceptors (Lipinski definition) is 5. The van der Waals surface area contributed by atoms with Crippen LogP contribution in [0.4, 0.5) is 0 Å². The summed E-state index contributed by atoms with van der Waals surface area (Å²) in [6, 6.07) is 11.1. The normalized spacial score (nSPS) is 10.8. The molecule has 0 radical (unpaired) electrons. The molecule has 0 bridgehead atoms. The van der Waals surface area contributed by atoms with Gasteiger partial charge in [-0.1, -0.05) is 48.1 Å². The highest BCUT2D eigenvalue weighted by Crippen LogP contribution is 2.38. The first-order chi connectivity index (χ1) is 15.9. The molecule has 0 aliphatic carbocycles. The van der Waals surface area contributed by atoms with Crippen LogP contribution in [0, 0.1) is 0 Å². The lowest BCUT2D eigenvalue weighted by Crippen LogP contribution is -2.17. The molecule has 7 heteroatoms. The van der Waals surface area contributed by atoms with Crippen LogP contribution in [0.25, 0.3) is 12.2 Å². The Labute approximate surface area is 192 Å². The number of H-pyrrole nitrogens is 1. The zero-order valence-corrected chi connectivity index (χ0v) is 18.6. The van der Waals surface area contributed by atoms with Crippen molar-refractivity contribution in [3.63, 3.8) is 0 Å². The monoisotopic (exact) mass is 446 g/mol. The lowest BCUT2D eigenvalue weighted by Gasteiger charge is -2.18. The van der Waals surface area contributed by atoms with Crippen LogP contribution in [0.1, 0.15) is 46.2 Å². The Morgan fingerprint density at radius 1 is 1.21 bits per heavy atom.